The summed E-state index contributed by atoms with van der Waals surface area (Å²) < 4.78 is 3.11. The van der Waals surface area contributed by atoms with Crippen molar-refractivity contribution in [1.29, 1.82) is 0 Å². The average Bonchev–Trinajstić information content (AvgIpc) is 2.84. The molecule has 0 spiro atoms. The van der Waals surface area contributed by atoms with Crippen LogP contribution in [-0.4, -0.2) is 23.9 Å². The Morgan fingerprint density at radius 2 is 2.26 bits per heavy atom. The van der Waals surface area contributed by atoms with E-state index in [1.807, 2.05) is 18.8 Å². The van der Waals surface area contributed by atoms with Gasteiger partial charge in [0.25, 0.3) is 0 Å². The van der Waals surface area contributed by atoms with Crippen LogP contribution in [0.15, 0.2) is 15.9 Å². The Morgan fingerprint density at radius 1 is 1.53 bits per heavy atom. The smallest absolute Gasteiger partial charge is 0.131 e. The highest BCUT2D eigenvalue weighted by Crippen LogP contribution is 2.26. The molecule has 0 radical (unpaired) electrons. The molecule has 0 fully saturated rings. The third-order valence-electron chi connectivity index (χ3n) is 3.04. The second kappa shape index (κ2) is 6.07. The molecule has 0 saturated carbocycles. The van der Waals surface area contributed by atoms with Gasteiger partial charge in [0.2, 0.25) is 0 Å². The number of halogens is 1. The number of aromatic nitrogens is 2. The van der Waals surface area contributed by atoms with E-state index in [0.29, 0.717) is 0 Å². The molecule has 0 aliphatic heterocycles. The molecule has 1 N–H and O–H groups in total. The molecule has 2 aromatic heterocycles. The molecule has 0 atom stereocenters. The van der Waals surface area contributed by atoms with Crippen molar-refractivity contribution >= 4 is 33.1 Å². The number of aryl methyl sites for hydroxylation is 2. The van der Waals surface area contributed by atoms with Gasteiger partial charge in [0.05, 0.1) is 12.2 Å². The van der Waals surface area contributed by atoms with Crippen molar-refractivity contribution in [3.8, 4) is 0 Å². The molecular formula is C13H19BrN4S. The van der Waals surface area contributed by atoms with Crippen LogP contribution in [0.2, 0.25) is 0 Å². The Balaban J connectivity index is 2.25. The highest BCUT2D eigenvalue weighted by molar-refractivity contribution is 9.10. The first-order chi connectivity index (χ1) is 9.02. The van der Waals surface area contributed by atoms with Gasteiger partial charge < -0.3 is 10.2 Å². The van der Waals surface area contributed by atoms with Crippen LogP contribution in [-0.2, 0) is 20.1 Å². The van der Waals surface area contributed by atoms with Crippen LogP contribution >= 0.6 is 27.3 Å². The molecule has 19 heavy (non-hydrogen) atoms. The molecule has 0 amide bonds. The monoisotopic (exact) mass is 342 g/mol. The Hall–Kier alpha value is -0.850. The Labute approximate surface area is 126 Å². The lowest BCUT2D eigenvalue weighted by Crippen LogP contribution is -2.21. The van der Waals surface area contributed by atoms with Gasteiger partial charge in [0.1, 0.15) is 5.82 Å². The quantitative estimate of drug-likeness (QED) is 0.906. The number of hydrogen-bond acceptors (Lipinski definition) is 4. The highest BCUT2D eigenvalue weighted by atomic mass is 79.9. The number of anilines is 1. The van der Waals surface area contributed by atoms with Crippen molar-refractivity contribution in [3.05, 3.63) is 32.1 Å². The third-order valence-corrected chi connectivity index (χ3v) is 4.73. The van der Waals surface area contributed by atoms with E-state index in [1.165, 1.54) is 16.3 Å². The number of nitrogens with one attached hydrogen (secondary N) is 1. The standard InChI is InChI=1S/C13H19BrN4S/c1-9-12(6-15-2)13(18(4)16-9)17(3)7-11-5-10(14)8-19-11/h5,8,15H,6-7H2,1-4H3. The van der Waals surface area contributed by atoms with Crippen molar-refractivity contribution < 1.29 is 0 Å². The largest absolute Gasteiger partial charge is 0.354 e. The molecule has 0 aliphatic rings. The maximum absolute atomic E-state index is 4.53. The fourth-order valence-corrected chi connectivity index (χ4v) is 3.80. The number of thiophene rings is 1. The van der Waals surface area contributed by atoms with Crippen molar-refractivity contribution in [2.45, 2.75) is 20.0 Å². The minimum Gasteiger partial charge on any atom is -0.354 e. The Kier molecular flexibility index (Phi) is 4.65. The van der Waals surface area contributed by atoms with Crippen LogP contribution < -0.4 is 10.2 Å². The fourth-order valence-electron chi connectivity index (χ4n) is 2.30. The fraction of sp³-hybridized carbons (Fsp3) is 0.462. The van der Waals surface area contributed by atoms with Gasteiger partial charge in [-0.15, -0.1) is 11.3 Å². The summed E-state index contributed by atoms with van der Waals surface area (Å²) in [5.74, 6) is 1.18. The minimum absolute atomic E-state index is 0.841. The van der Waals surface area contributed by atoms with E-state index in [0.717, 1.165) is 23.3 Å². The summed E-state index contributed by atoms with van der Waals surface area (Å²) in [7, 11) is 6.08. The van der Waals surface area contributed by atoms with Gasteiger partial charge in [-0.05, 0) is 36.0 Å². The molecule has 0 aromatic carbocycles. The van der Waals surface area contributed by atoms with E-state index in [9.17, 15) is 0 Å². The molecule has 6 heteroatoms. The summed E-state index contributed by atoms with van der Waals surface area (Å²) in [6, 6.07) is 2.17. The van der Waals surface area contributed by atoms with E-state index in [4.69, 9.17) is 0 Å². The van der Waals surface area contributed by atoms with Crippen LogP contribution in [0.3, 0.4) is 0 Å². The van der Waals surface area contributed by atoms with Crippen molar-refractivity contribution in [3.63, 3.8) is 0 Å². The first-order valence-electron chi connectivity index (χ1n) is 6.14. The molecule has 0 saturated heterocycles. The normalized spacial score (nSPS) is 11.0. The van der Waals surface area contributed by atoms with Gasteiger partial charge >= 0.3 is 0 Å². The molecule has 2 aromatic rings. The lowest BCUT2D eigenvalue weighted by atomic mass is 10.2. The summed E-state index contributed by atoms with van der Waals surface area (Å²) in [5.41, 5.74) is 2.36. The molecule has 2 rings (SSSR count). The molecular weight excluding hydrogens is 324 g/mol. The zero-order valence-electron chi connectivity index (χ0n) is 11.7. The van der Waals surface area contributed by atoms with E-state index in [1.54, 1.807) is 11.3 Å². The van der Waals surface area contributed by atoms with E-state index in [-0.39, 0.29) is 0 Å². The molecule has 0 unspecified atom stereocenters. The summed E-state index contributed by atoms with van der Waals surface area (Å²) in [6.07, 6.45) is 0. The first kappa shape index (κ1) is 14.6. The van der Waals surface area contributed by atoms with E-state index < -0.39 is 0 Å². The zero-order chi connectivity index (χ0) is 14.0. The Bertz CT molecular complexity index is 561. The highest BCUT2D eigenvalue weighted by Gasteiger charge is 2.16. The number of rotatable bonds is 5. The minimum atomic E-state index is 0.841. The lowest BCUT2D eigenvalue weighted by molar-refractivity contribution is 0.725. The van der Waals surface area contributed by atoms with Gasteiger partial charge in [0.15, 0.2) is 0 Å². The van der Waals surface area contributed by atoms with Gasteiger partial charge in [-0.1, -0.05) is 0 Å². The van der Waals surface area contributed by atoms with Crippen molar-refractivity contribution in [2.75, 3.05) is 19.0 Å². The second-order valence-electron chi connectivity index (χ2n) is 4.63. The van der Waals surface area contributed by atoms with Crippen LogP contribution in [0.5, 0.6) is 0 Å². The van der Waals surface area contributed by atoms with E-state index in [2.05, 4.69) is 56.7 Å². The second-order valence-corrected chi connectivity index (χ2v) is 6.54. The number of nitrogens with zero attached hydrogens (tertiary/aromatic N) is 3. The topological polar surface area (TPSA) is 33.1 Å². The van der Waals surface area contributed by atoms with Gasteiger partial charge in [-0.2, -0.15) is 5.10 Å². The molecule has 0 bridgehead atoms. The summed E-state index contributed by atoms with van der Waals surface area (Å²) >= 11 is 5.27. The summed E-state index contributed by atoms with van der Waals surface area (Å²) in [4.78, 5) is 3.59. The SMILES string of the molecule is CNCc1c(C)nn(C)c1N(C)Cc1cc(Br)cs1. The molecule has 104 valence electrons. The molecule has 0 aliphatic carbocycles. The first-order valence-corrected chi connectivity index (χ1v) is 7.81. The summed E-state index contributed by atoms with van der Waals surface area (Å²) in [6.45, 7) is 3.80. The zero-order valence-corrected chi connectivity index (χ0v) is 14.1. The van der Waals surface area contributed by atoms with E-state index >= 15 is 0 Å². The molecule has 2 heterocycles. The third kappa shape index (κ3) is 3.19. The molecule has 4 nitrogen and oxygen atoms in total. The van der Waals surface area contributed by atoms with Gasteiger partial charge in [0, 0.05) is 40.9 Å². The van der Waals surface area contributed by atoms with Crippen molar-refractivity contribution in [1.82, 2.24) is 15.1 Å². The Morgan fingerprint density at radius 3 is 2.84 bits per heavy atom. The van der Waals surface area contributed by atoms with Crippen molar-refractivity contribution in [2.24, 2.45) is 7.05 Å². The summed E-state index contributed by atoms with van der Waals surface area (Å²) in [5, 5.41) is 9.86. The predicted octanol–water partition coefficient (Wildman–Crippen LogP) is 2.91. The average molecular weight is 343 g/mol. The lowest BCUT2D eigenvalue weighted by Gasteiger charge is -2.20. The predicted molar refractivity (Wildman–Crippen MR) is 84.8 cm³/mol. The van der Waals surface area contributed by atoms with Crippen LogP contribution in [0.1, 0.15) is 16.1 Å². The van der Waals surface area contributed by atoms with Gasteiger partial charge in [-0.25, -0.2) is 0 Å². The van der Waals surface area contributed by atoms with Crippen LogP contribution in [0.4, 0.5) is 5.82 Å². The maximum atomic E-state index is 4.53. The van der Waals surface area contributed by atoms with Gasteiger partial charge in [-0.3, -0.25) is 4.68 Å². The van der Waals surface area contributed by atoms with Crippen LogP contribution in [0.25, 0.3) is 0 Å². The van der Waals surface area contributed by atoms with Crippen LogP contribution in [0, 0.1) is 6.92 Å². The number of hydrogen-bond donors (Lipinski definition) is 1. The maximum Gasteiger partial charge on any atom is 0.131 e.